The molecule has 65 heavy (non-hydrogen) atoms. The first kappa shape index (κ1) is 45.9. The third kappa shape index (κ3) is 8.77. The predicted molar refractivity (Wildman–Crippen MR) is 252 cm³/mol. The summed E-state index contributed by atoms with van der Waals surface area (Å²) in [6, 6.07) is 8.49. The van der Waals surface area contributed by atoms with Crippen molar-refractivity contribution >= 4 is 40.0 Å². The summed E-state index contributed by atoms with van der Waals surface area (Å²) in [5.41, 5.74) is 9.59. The molecular weight excluding hydrogens is 841 g/mol. The van der Waals surface area contributed by atoms with E-state index in [1.165, 1.54) is 0 Å². The molecule has 15 heteroatoms. The minimum absolute atomic E-state index is 0.0247. The van der Waals surface area contributed by atoms with E-state index in [0.29, 0.717) is 39.0 Å². The maximum absolute atomic E-state index is 15.2. The van der Waals surface area contributed by atoms with Gasteiger partial charge in [0.15, 0.2) is 0 Å². The Bertz CT molecular complexity index is 2420. The summed E-state index contributed by atoms with van der Waals surface area (Å²) in [5, 5.41) is 8.82. The van der Waals surface area contributed by atoms with Crippen LogP contribution in [-0.2, 0) is 41.6 Å². The van der Waals surface area contributed by atoms with Crippen LogP contribution < -0.4 is 10.7 Å². The van der Waals surface area contributed by atoms with E-state index in [4.69, 9.17) is 24.2 Å². The van der Waals surface area contributed by atoms with Crippen LogP contribution in [0.1, 0.15) is 103 Å². The molecule has 9 rings (SSSR count). The molecule has 2 N–H and O–H groups in total. The van der Waals surface area contributed by atoms with Gasteiger partial charge in [0, 0.05) is 83.8 Å². The fourth-order valence-corrected chi connectivity index (χ4v) is 12.0. The van der Waals surface area contributed by atoms with Gasteiger partial charge in [-0.2, -0.15) is 0 Å². The fraction of sp³-hybridized carbons (Fsp3) is 0.620. The Morgan fingerprint density at radius 1 is 1.09 bits per heavy atom. The lowest BCUT2D eigenvalue weighted by Gasteiger charge is -2.55. The maximum Gasteiger partial charge on any atom is 0.324 e. The summed E-state index contributed by atoms with van der Waals surface area (Å²) < 4.78 is 20.7. The van der Waals surface area contributed by atoms with Crippen molar-refractivity contribution in [2.45, 2.75) is 123 Å². The monoisotopic (exact) mass is 908 g/mol. The van der Waals surface area contributed by atoms with Crippen molar-refractivity contribution in [3.05, 3.63) is 58.2 Å². The third-order valence-corrected chi connectivity index (χ3v) is 16.1. The summed E-state index contributed by atoms with van der Waals surface area (Å²) in [4.78, 5) is 58.6. The summed E-state index contributed by atoms with van der Waals surface area (Å²) in [5.74, 6) is -0.466. The Morgan fingerprint density at radius 3 is 2.58 bits per heavy atom. The minimum Gasteiger partial charge on any atom is -0.464 e. The van der Waals surface area contributed by atoms with E-state index in [1.807, 2.05) is 19.2 Å². The normalized spacial score (nSPS) is 27.4. The first-order valence-corrected chi connectivity index (χ1v) is 24.7. The summed E-state index contributed by atoms with van der Waals surface area (Å²) in [7, 11) is 3.90. The molecule has 3 aromatic heterocycles. The van der Waals surface area contributed by atoms with E-state index in [-0.39, 0.29) is 53.9 Å². The number of fused-ring (bicyclic) bond motifs is 6. The number of hydrogen-bond acceptors (Lipinski definition) is 12. The number of ether oxygens (including phenoxy) is 3. The number of carbonyl (C=O) groups excluding carboxylic acids is 3. The lowest BCUT2D eigenvalue weighted by atomic mass is 9.84. The molecule has 1 saturated carbocycles. The lowest BCUT2D eigenvalue weighted by Crippen LogP contribution is -2.70. The average Bonchev–Trinajstić information content (AvgIpc) is 3.66. The smallest absolute Gasteiger partial charge is 0.324 e. The molecule has 3 saturated heterocycles. The van der Waals surface area contributed by atoms with E-state index in [1.54, 1.807) is 23.5 Å². The van der Waals surface area contributed by atoms with Gasteiger partial charge >= 0.3 is 5.97 Å². The highest BCUT2D eigenvalue weighted by atomic mass is 32.1. The van der Waals surface area contributed by atoms with Crippen LogP contribution in [0.2, 0.25) is 0 Å². The number of rotatable bonds is 10. The molecule has 1 aromatic carbocycles. The van der Waals surface area contributed by atoms with Crippen molar-refractivity contribution in [1.82, 2.24) is 40.1 Å². The predicted octanol–water partition coefficient (Wildman–Crippen LogP) is 6.79. The number of carbonyl (C=O) groups is 3. The molecule has 14 nitrogen and oxygen atoms in total. The SMILES string of the molecule is CO[C@@H](C)c1ncccc1-c1c2c3cc(ccc3n1CCOC(C)C)-c1csc(n1)[C@@H](N1CC3(CCCN3C)C1)[C@H](NC(=O)C1[C@@H](C)[C@H]1C)C(=O)N1CCC[C@H](N1)C(=O)OCC(C)(C)C2. The van der Waals surface area contributed by atoms with Crippen LogP contribution in [0, 0.1) is 23.2 Å². The van der Waals surface area contributed by atoms with Crippen molar-refractivity contribution in [3.8, 4) is 22.5 Å². The molecule has 7 heterocycles. The number of cyclic esters (lactones) is 1. The molecule has 1 unspecified atom stereocenters. The number of nitrogens with zero attached hydrogens (tertiary/aromatic N) is 6. The molecule has 1 aliphatic carbocycles. The van der Waals surface area contributed by atoms with Gasteiger partial charge in [0.25, 0.3) is 5.91 Å². The van der Waals surface area contributed by atoms with Crippen LogP contribution in [0.25, 0.3) is 33.4 Å². The van der Waals surface area contributed by atoms with Crippen molar-refractivity contribution in [3.63, 3.8) is 0 Å². The van der Waals surface area contributed by atoms with Crippen LogP contribution in [0.4, 0.5) is 0 Å². The van der Waals surface area contributed by atoms with Gasteiger partial charge in [0.05, 0.1) is 48.5 Å². The van der Waals surface area contributed by atoms with Gasteiger partial charge in [-0.1, -0.05) is 33.8 Å². The molecule has 2 amide bonds. The molecular formula is C50H68N8O6S. The Kier molecular flexibility index (Phi) is 12.8. The molecule has 1 spiro atoms. The third-order valence-electron chi connectivity index (χ3n) is 15.2. The van der Waals surface area contributed by atoms with Crippen LogP contribution in [0.5, 0.6) is 0 Å². The number of methoxy groups -OCH3 is 1. The molecule has 0 radical (unpaired) electrons. The average molecular weight is 909 g/mol. The molecule has 4 fully saturated rings. The maximum atomic E-state index is 15.2. The van der Waals surface area contributed by atoms with Crippen molar-refractivity contribution in [2.75, 3.05) is 53.6 Å². The number of benzene rings is 1. The van der Waals surface area contributed by atoms with Gasteiger partial charge in [-0.15, -0.1) is 11.3 Å². The van der Waals surface area contributed by atoms with Gasteiger partial charge in [0.2, 0.25) is 5.91 Å². The van der Waals surface area contributed by atoms with E-state index < -0.39 is 29.5 Å². The topological polar surface area (TPSA) is 143 Å². The quantitative estimate of drug-likeness (QED) is 0.163. The zero-order valence-electron chi connectivity index (χ0n) is 39.7. The van der Waals surface area contributed by atoms with Gasteiger partial charge < -0.3 is 24.1 Å². The number of aromatic nitrogens is 3. The number of pyridine rings is 1. The number of hydrazine groups is 1. The largest absolute Gasteiger partial charge is 0.464 e. The van der Waals surface area contributed by atoms with Gasteiger partial charge in [0.1, 0.15) is 17.1 Å². The van der Waals surface area contributed by atoms with E-state index in [0.717, 1.165) is 82.2 Å². The number of thiazole rings is 1. The molecule has 6 bridgehead atoms. The van der Waals surface area contributed by atoms with Gasteiger partial charge in [-0.25, -0.2) is 10.4 Å². The fourth-order valence-electron chi connectivity index (χ4n) is 11.0. The van der Waals surface area contributed by atoms with Gasteiger partial charge in [-0.3, -0.25) is 34.2 Å². The molecule has 5 aliphatic rings. The van der Waals surface area contributed by atoms with Crippen LogP contribution in [-0.4, -0.2) is 124 Å². The van der Waals surface area contributed by atoms with Crippen molar-refractivity contribution in [2.24, 2.45) is 23.2 Å². The molecule has 4 aromatic rings. The van der Waals surface area contributed by atoms with Crippen molar-refractivity contribution in [1.29, 1.82) is 0 Å². The van der Waals surface area contributed by atoms with Gasteiger partial charge in [-0.05, 0) is 108 Å². The number of amides is 2. The second-order valence-electron chi connectivity index (χ2n) is 20.6. The van der Waals surface area contributed by atoms with Crippen LogP contribution >= 0.6 is 11.3 Å². The summed E-state index contributed by atoms with van der Waals surface area (Å²) in [6.45, 7) is 18.8. The van der Waals surface area contributed by atoms with Crippen LogP contribution in [0.3, 0.4) is 0 Å². The minimum atomic E-state index is -0.937. The van der Waals surface area contributed by atoms with E-state index in [9.17, 15) is 9.59 Å². The number of esters is 1. The highest BCUT2D eigenvalue weighted by molar-refractivity contribution is 7.10. The molecule has 7 atom stereocenters. The first-order chi connectivity index (χ1) is 31.1. The van der Waals surface area contributed by atoms with E-state index in [2.05, 4.69) is 103 Å². The Hall–Kier alpha value is -4.25. The Balaban J connectivity index is 1.21. The standard InChI is InChI=1S/C50H68N8O6S/c1-29(2)63-22-21-57-39-16-15-33-23-35(39)36(43(57)34-13-10-18-51-41(34)32(5)62-9)24-49(6,7)28-64-48(61)37-14-11-20-58(54-37)47(60)42(53-45(59)40-30(3)31(40)4)44(46-52-38(33)25-65-46)56-26-50(27-56)17-12-19-55(50)8/h10,13,15-16,18,23,25,29-32,37,40,42,44,54H,11-12,14,17,19-22,24,26-28H2,1-9H3,(H,53,59)/t30-,31+,32-,37-,40?,42-,44-/m0/s1. The van der Waals surface area contributed by atoms with Crippen molar-refractivity contribution < 1.29 is 28.6 Å². The second kappa shape index (κ2) is 18.1. The summed E-state index contributed by atoms with van der Waals surface area (Å²) >= 11 is 1.54. The number of hydrogen-bond donors (Lipinski definition) is 2. The molecule has 4 aliphatic heterocycles. The lowest BCUT2D eigenvalue weighted by molar-refractivity contribution is -0.156. The number of likely N-dealkylation sites (tertiary alicyclic amines) is 2. The van der Waals surface area contributed by atoms with E-state index >= 15 is 4.79 Å². The van der Waals surface area contributed by atoms with Crippen LogP contribution in [0.15, 0.2) is 41.9 Å². The number of likely N-dealkylation sites (N-methyl/N-ethyl adjacent to an activating group) is 1. The first-order valence-electron chi connectivity index (χ1n) is 23.8. The Labute approximate surface area is 387 Å². The Morgan fingerprint density at radius 2 is 1.88 bits per heavy atom. The molecule has 350 valence electrons. The number of nitrogens with one attached hydrogen (secondary N) is 2. The second-order valence-corrected chi connectivity index (χ2v) is 21.5. The highest BCUT2D eigenvalue weighted by Gasteiger charge is 2.55. The zero-order valence-corrected chi connectivity index (χ0v) is 40.5. The zero-order chi connectivity index (χ0) is 45.9. The highest BCUT2D eigenvalue weighted by Crippen LogP contribution is 2.48. The summed E-state index contributed by atoms with van der Waals surface area (Å²) in [6.07, 6.45) is 5.55.